The van der Waals surface area contributed by atoms with E-state index in [1.807, 2.05) is 23.1 Å². The lowest BCUT2D eigenvalue weighted by Gasteiger charge is -2.30. The third-order valence-electron chi connectivity index (χ3n) is 5.16. The highest BCUT2D eigenvalue weighted by atomic mass is 16.5. The van der Waals surface area contributed by atoms with Crippen LogP contribution in [0.3, 0.4) is 0 Å². The van der Waals surface area contributed by atoms with Crippen LogP contribution in [0.25, 0.3) is 6.08 Å². The fourth-order valence-electron chi connectivity index (χ4n) is 3.58. The lowest BCUT2D eigenvalue weighted by Crippen LogP contribution is -2.40. The van der Waals surface area contributed by atoms with Crippen LogP contribution < -0.4 is 9.47 Å². The average molecular weight is 389 g/mol. The Labute approximate surface area is 167 Å². The summed E-state index contributed by atoms with van der Waals surface area (Å²) in [5, 5.41) is 0. The predicted molar refractivity (Wildman–Crippen MR) is 108 cm³/mol. The number of hydrogen-bond donors (Lipinski definition) is 0. The minimum atomic E-state index is -0.296. The summed E-state index contributed by atoms with van der Waals surface area (Å²) in [6.07, 6.45) is 10.2. The number of ether oxygens (including phenoxy) is 3. The molecule has 1 aromatic carbocycles. The zero-order valence-corrected chi connectivity index (χ0v) is 17.1. The maximum atomic E-state index is 12.9. The molecule has 154 valence electrons. The van der Waals surface area contributed by atoms with Gasteiger partial charge in [0.1, 0.15) is 0 Å². The molecule has 1 amide bonds. The summed E-state index contributed by atoms with van der Waals surface area (Å²) in [5.41, 5.74) is 0.847. The van der Waals surface area contributed by atoms with E-state index < -0.39 is 0 Å². The molecule has 1 fully saturated rings. The number of hydrogen-bond acceptors (Lipinski definition) is 5. The molecule has 1 aromatic rings. The maximum absolute atomic E-state index is 12.9. The van der Waals surface area contributed by atoms with Gasteiger partial charge in [-0.25, -0.2) is 0 Å². The molecule has 28 heavy (non-hydrogen) atoms. The number of nitrogens with zero attached hydrogens (tertiary/aromatic N) is 1. The molecule has 1 aliphatic carbocycles. The third kappa shape index (κ3) is 6.29. The number of esters is 1. The number of carbonyl (C=O) groups excluding carboxylic acids is 2. The highest BCUT2D eigenvalue weighted by Crippen LogP contribution is 2.28. The molecule has 0 unspecified atom stereocenters. The zero-order chi connectivity index (χ0) is 20.4. The standard InChI is InChI=1S/C22H31NO5/c1-26-19-12-10-17(16-20(19)27-2)11-13-21(24)23(15-14-22(25)28-3)18-8-6-4-5-7-9-18/h10-13,16,18H,4-9,14-15H2,1-3H3/b13-11+. The molecular formula is C22H31NO5. The predicted octanol–water partition coefficient (Wildman–Crippen LogP) is 3.83. The largest absolute Gasteiger partial charge is 0.493 e. The van der Waals surface area contributed by atoms with Crippen molar-refractivity contribution in [1.29, 1.82) is 0 Å². The van der Waals surface area contributed by atoms with Crippen LogP contribution >= 0.6 is 0 Å². The van der Waals surface area contributed by atoms with E-state index in [9.17, 15) is 9.59 Å². The summed E-state index contributed by atoms with van der Waals surface area (Å²) in [6, 6.07) is 5.68. The van der Waals surface area contributed by atoms with Gasteiger partial charge in [-0.1, -0.05) is 31.7 Å². The van der Waals surface area contributed by atoms with Gasteiger partial charge in [0.2, 0.25) is 5.91 Å². The van der Waals surface area contributed by atoms with Crippen molar-refractivity contribution in [2.75, 3.05) is 27.9 Å². The summed E-state index contributed by atoms with van der Waals surface area (Å²) in [4.78, 5) is 26.4. The monoisotopic (exact) mass is 389 g/mol. The lowest BCUT2D eigenvalue weighted by molar-refractivity contribution is -0.141. The molecule has 0 bridgehead atoms. The van der Waals surface area contributed by atoms with Crippen molar-refractivity contribution in [3.05, 3.63) is 29.8 Å². The zero-order valence-electron chi connectivity index (χ0n) is 17.1. The Kier molecular flexibility index (Phi) is 8.85. The molecule has 0 heterocycles. The van der Waals surface area contributed by atoms with Crippen molar-refractivity contribution in [2.45, 2.75) is 51.0 Å². The Morgan fingerprint density at radius 1 is 1.04 bits per heavy atom. The van der Waals surface area contributed by atoms with E-state index in [-0.39, 0.29) is 24.3 Å². The Bertz CT molecular complexity index is 678. The molecule has 2 rings (SSSR count). The molecule has 0 aromatic heterocycles. The van der Waals surface area contributed by atoms with Gasteiger partial charge in [0.15, 0.2) is 11.5 Å². The van der Waals surface area contributed by atoms with Crippen molar-refractivity contribution >= 4 is 18.0 Å². The molecule has 6 heteroatoms. The lowest BCUT2D eigenvalue weighted by atomic mass is 10.1. The summed E-state index contributed by atoms with van der Waals surface area (Å²) >= 11 is 0. The van der Waals surface area contributed by atoms with Crippen LogP contribution in [0.15, 0.2) is 24.3 Å². The van der Waals surface area contributed by atoms with Gasteiger partial charge in [0.05, 0.1) is 27.8 Å². The van der Waals surface area contributed by atoms with Crippen LogP contribution in [0.5, 0.6) is 11.5 Å². The fraction of sp³-hybridized carbons (Fsp3) is 0.545. The molecule has 6 nitrogen and oxygen atoms in total. The van der Waals surface area contributed by atoms with Gasteiger partial charge in [-0.3, -0.25) is 9.59 Å². The second-order valence-corrected chi connectivity index (χ2v) is 6.95. The molecule has 0 spiro atoms. The first kappa shape index (κ1) is 21.8. The second kappa shape index (κ2) is 11.4. The molecule has 0 N–H and O–H groups in total. The fourth-order valence-corrected chi connectivity index (χ4v) is 3.58. The molecule has 0 aliphatic heterocycles. The summed E-state index contributed by atoms with van der Waals surface area (Å²) in [6.45, 7) is 0.381. The van der Waals surface area contributed by atoms with Gasteiger partial charge in [-0.2, -0.15) is 0 Å². The van der Waals surface area contributed by atoms with E-state index >= 15 is 0 Å². The van der Waals surface area contributed by atoms with Crippen molar-refractivity contribution in [3.63, 3.8) is 0 Å². The maximum Gasteiger partial charge on any atom is 0.307 e. The Morgan fingerprint density at radius 3 is 2.32 bits per heavy atom. The molecule has 0 radical (unpaired) electrons. The van der Waals surface area contributed by atoms with Crippen molar-refractivity contribution < 1.29 is 23.8 Å². The minimum absolute atomic E-state index is 0.0782. The van der Waals surface area contributed by atoms with E-state index in [4.69, 9.17) is 14.2 Å². The molecule has 0 atom stereocenters. The van der Waals surface area contributed by atoms with Crippen LogP contribution in [0.4, 0.5) is 0 Å². The number of carbonyl (C=O) groups is 2. The highest BCUT2D eigenvalue weighted by Gasteiger charge is 2.24. The Balaban J connectivity index is 2.13. The summed E-state index contributed by atoms with van der Waals surface area (Å²) < 4.78 is 15.3. The number of rotatable bonds is 8. The quantitative estimate of drug-likeness (QED) is 0.384. The van der Waals surface area contributed by atoms with E-state index in [0.29, 0.717) is 18.0 Å². The van der Waals surface area contributed by atoms with Crippen molar-refractivity contribution in [3.8, 4) is 11.5 Å². The first-order valence-electron chi connectivity index (χ1n) is 9.86. The van der Waals surface area contributed by atoms with Gasteiger partial charge >= 0.3 is 5.97 Å². The Hall–Kier alpha value is -2.50. The van der Waals surface area contributed by atoms with Crippen molar-refractivity contribution in [2.24, 2.45) is 0 Å². The minimum Gasteiger partial charge on any atom is -0.493 e. The van der Waals surface area contributed by atoms with Crippen LogP contribution in [0.2, 0.25) is 0 Å². The van der Waals surface area contributed by atoms with Gasteiger partial charge in [-0.15, -0.1) is 0 Å². The van der Waals surface area contributed by atoms with E-state index in [1.54, 1.807) is 26.4 Å². The van der Waals surface area contributed by atoms with Crippen molar-refractivity contribution in [1.82, 2.24) is 4.90 Å². The number of benzene rings is 1. The summed E-state index contributed by atoms with van der Waals surface area (Å²) in [7, 11) is 4.54. The first-order valence-corrected chi connectivity index (χ1v) is 9.86. The van der Waals surface area contributed by atoms with Crippen LogP contribution in [-0.4, -0.2) is 50.7 Å². The van der Waals surface area contributed by atoms with E-state index in [1.165, 1.54) is 20.0 Å². The van der Waals surface area contributed by atoms with E-state index in [0.717, 1.165) is 31.2 Å². The topological polar surface area (TPSA) is 65.1 Å². The third-order valence-corrected chi connectivity index (χ3v) is 5.16. The summed E-state index contributed by atoms with van der Waals surface area (Å²) in [5.74, 6) is 0.883. The van der Waals surface area contributed by atoms with Crippen LogP contribution in [0, 0.1) is 0 Å². The number of methoxy groups -OCH3 is 3. The van der Waals surface area contributed by atoms with Gasteiger partial charge in [-0.05, 0) is 36.6 Å². The molecule has 1 saturated carbocycles. The number of amides is 1. The van der Waals surface area contributed by atoms with Gasteiger partial charge < -0.3 is 19.1 Å². The van der Waals surface area contributed by atoms with E-state index in [2.05, 4.69) is 0 Å². The smallest absolute Gasteiger partial charge is 0.307 e. The Morgan fingerprint density at radius 2 is 1.71 bits per heavy atom. The SMILES string of the molecule is COC(=O)CCN(C(=O)/C=C/c1ccc(OC)c(OC)c1)C1CCCCCC1. The molecular weight excluding hydrogens is 358 g/mol. The normalized spacial score (nSPS) is 15.1. The van der Waals surface area contributed by atoms with Crippen LogP contribution in [-0.2, 0) is 14.3 Å². The first-order chi connectivity index (χ1) is 13.6. The average Bonchev–Trinajstić information content (AvgIpc) is 3.01. The second-order valence-electron chi connectivity index (χ2n) is 6.95. The molecule has 0 saturated heterocycles. The van der Waals surface area contributed by atoms with Gasteiger partial charge in [0, 0.05) is 18.7 Å². The van der Waals surface area contributed by atoms with Gasteiger partial charge in [0.25, 0.3) is 0 Å². The van der Waals surface area contributed by atoms with Crippen LogP contribution in [0.1, 0.15) is 50.5 Å². The molecule has 1 aliphatic rings. The highest BCUT2D eigenvalue weighted by molar-refractivity contribution is 5.92.